The Kier molecular flexibility index (Phi) is 2.07. The number of fused-ring (bicyclic) bond motifs is 2. The highest BCUT2D eigenvalue weighted by Crippen LogP contribution is 2.38. The van der Waals surface area contributed by atoms with Gasteiger partial charge in [0.15, 0.2) is 11.1 Å². The van der Waals surface area contributed by atoms with Crippen molar-refractivity contribution in [1.82, 2.24) is 15.2 Å². The van der Waals surface area contributed by atoms with Crippen molar-refractivity contribution in [1.29, 1.82) is 0 Å². The Hall–Kier alpha value is -2.63. The topological polar surface area (TPSA) is 63.8 Å². The molecule has 20 heavy (non-hydrogen) atoms. The van der Waals surface area contributed by atoms with Crippen LogP contribution in [0.4, 0.5) is 0 Å². The van der Waals surface area contributed by atoms with Gasteiger partial charge in [-0.3, -0.25) is 4.94 Å². The SMILES string of the molecule is CC1=NON2C=CC=CC12c1ccc2onc(C)c2n1. The number of allylic oxidation sites excluding steroid dienone is 2. The van der Waals surface area contributed by atoms with Crippen LogP contribution in [0.2, 0.25) is 0 Å². The van der Waals surface area contributed by atoms with Gasteiger partial charge in [0.05, 0.1) is 11.4 Å². The number of oxime groups is 1. The van der Waals surface area contributed by atoms with E-state index < -0.39 is 5.54 Å². The van der Waals surface area contributed by atoms with Crippen molar-refractivity contribution >= 4 is 16.8 Å². The minimum atomic E-state index is -0.591. The Bertz CT molecular complexity index is 790. The van der Waals surface area contributed by atoms with E-state index in [1.54, 1.807) is 5.06 Å². The number of hydrogen-bond donors (Lipinski definition) is 0. The number of hydrogen-bond acceptors (Lipinski definition) is 6. The van der Waals surface area contributed by atoms with Gasteiger partial charge in [-0.05, 0) is 38.1 Å². The zero-order chi connectivity index (χ0) is 13.7. The first-order valence-electron chi connectivity index (χ1n) is 6.33. The van der Waals surface area contributed by atoms with E-state index in [-0.39, 0.29) is 0 Å². The third-order valence-electron chi connectivity index (χ3n) is 3.71. The summed E-state index contributed by atoms with van der Waals surface area (Å²) in [4.78, 5) is 10.1. The number of hydroxylamine groups is 2. The molecule has 0 aromatic carbocycles. The Morgan fingerprint density at radius 2 is 2.10 bits per heavy atom. The summed E-state index contributed by atoms with van der Waals surface area (Å²) in [6.07, 6.45) is 7.73. The van der Waals surface area contributed by atoms with E-state index >= 15 is 0 Å². The van der Waals surface area contributed by atoms with E-state index in [0.717, 1.165) is 22.6 Å². The number of rotatable bonds is 1. The molecule has 6 nitrogen and oxygen atoms in total. The molecule has 0 N–H and O–H groups in total. The summed E-state index contributed by atoms with van der Waals surface area (Å²) in [5.41, 5.74) is 3.29. The molecule has 0 aliphatic carbocycles. The molecule has 2 aromatic heterocycles. The zero-order valence-corrected chi connectivity index (χ0v) is 11.1. The van der Waals surface area contributed by atoms with Crippen molar-refractivity contribution in [2.24, 2.45) is 5.16 Å². The van der Waals surface area contributed by atoms with Gasteiger partial charge in [-0.1, -0.05) is 16.4 Å². The lowest BCUT2D eigenvalue weighted by molar-refractivity contribution is -0.134. The molecule has 1 atom stereocenters. The quantitative estimate of drug-likeness (QED) is 0.794. The van der Waals surface area contributed by atoms with E-state index in [9.17, 15) is 0 Å². The van der Waals surface area contributed by atoms with Crippen LogP contribution in [0.25, 0.3) is 11.1 Å². The van der Waals surface area contributed by atoms with Gasteiger partial charge >= 0.3 is 0 Å². The molecule has 0 spiro atoms. The lowest BCUT2D eigenvalue weighted by Crippen LogP contribution is -2.43. The Morgan fingerprint density at radius 3 is 3.00 bits per heavy atom. The fourth-order valence-corrected chi connectivity index (χ4v) is 2.60. The second-order valence-electron chi connectivity index (χ2n) is 4.86. The summed E-state index contributed by atoms with van der Waals surface area (Å²) < 4.78 is 5.21. The number of pyridine rings is 1. The summed E-state index contributed by atoms with van der Waals surface area (Å²) in [5.74, 6) is 0. The van der Waals surface area contributed by atoms with Crippen LogP contribution in [-0.4, -0.2) is 20.9 Å². The molecule has 0 fully saturated rings. The molecule has 6 heteroatoms. The molecule has 1 unspecified atom stereocenters. The molecule has 2 aliphatic heterocycles. The molecule has 0 amide bonds. The molecule has 0 saturated carbocycles. The lowest BCUT2D eigenvalue weighted by Gasteiger charge is -2.32. The molecular weight excluding hydrogens is 256 g/mol. The van der Waals surface area contributed by atoms with Crippen LogP contribution in [-0.2, 0) is 10.5 Å². The number of aryl methyl sites for hydroxylation is 1. The van der Waals surface area contributed by atoms with Crippen LogP contribution in [0.3, 0.4) is 0 Å². The Balaban J connectivity index is 1.96. The molecule has 0 radical (unpaired) electrons. The average Bonchev–Trinajstić information content (AvgIpc) is 3.02. The van der Waals surface area contributed by atoms with Gasteiger partial charge in [0.25, 0.3) is 0 Å². The number of aromatic nitrogens is 2. The van der Waals surface area contributed by atoms with Crippen LogP contribution >= 0.6 is 0 Å². The molecular formula is C14H12N4O2. The van der Waals surface area contributed by atoms with E-state index in [0.29, 0.717) is 5.58 Å². The molecule has 2 aliphatic rings. The van der Waals surface area contributed by atoms with Crippen molar-refractivity contribution in [3.8, 4) is 0 Å². The van der Waals surface area contributed by atoms with E-state index in [1.165, 1.54) is 0 Å². The molecule has 100 valence electrons. The minimum absolute atomic E-state index is 0.591. The van der Waals surface area contributed by atoms with Crippen molar-refractivity contribution in [2.45, 2.75) is 19.4 Å². The normalized spacial score (nSPS) is 23.9. The van der Waals surface area contributed by atoms with Crippen LogP contribution in [0.1, 0.15) is 18.3 Å². The van der Waals surface area contributed by atoms with Gasteiger partial charge in [-0.2, -0.15) is 5.06 Å². The van der Waals surface area contributed by atoms with Gasteiger partial charge < -0.3 is 4.52 Å². The maximum absolute atomic E-state index is 5.35. The maximum Gasteiger partial charge on any atom is 0.185 e. The summed E-state index contributed by atoms with van der Waals surface area (Å²) in [7, 11) is 0. The predicted molar refractivity (Wildman–Crippen MR) is 72.5 cm³/mol. The smallest absolute Gasteiger partial charge is 0.185 e. The van der Waals surface area contributed by atoms with E-state index in [2.05, 4.69) is 10.3 Å². The predicted octanol–water partition coefficient (Wildman–Crippen LogP) is 2.43. The fourth-order valence-electron chi connectivity index (χ4n) is 2.60. The monoisotopic (exact) mass is 268 g/mol. The first kappa shape index (κ1) is 11.2. The van der Waals surface area contributed by atoms with Gasteiger partial charge in [0.2, 0.25) is 0 Å². The Morgan fingerprint density at radius 1 is 1.20 bits per heavy atom. The zero-order valence-electron chi connectivity index (χ0n) is 11.1. The van der Waals surface area contributed by atoms with Crippen LogP contribution in [0.5, 0.6) is 0 Å². The van der Waals surface area contributed by atoms with E-state index in [1.807, 2.05) is 50.4 Å². The number of nitrogens with zero attached hydrogens (tertiary/aromatic N) is 4. The second-order valence-corrected chi connectivity index (χ2v) is 4.86. The average molecular weight is 268 g/mol. The van der Waals surface area contributed by atoms with Crippen LogP contribution in [0.15, 0.2) is 46.2 Å². The highest BCUT2D eigenvalue weighted by Gasteiger charge is 2.47. The summed E-state index contributed by atoms with van der Waals surface area (Å²) >= 11 is 0. The molecule has 4 heterocycles. The lowest BCUT2D eigenvalue weighted by atomic mass is 9.87. The van der Waals surface area contributed by atoms with Crippen molar-refractivity contribution in [2.75, 3.05) is 0 Å². The van der Waals surface area contributed by atoms with Gasteiger partial charge in [-0.25, -0.2) is 4.98 Å². The Labute approximate surface area is 115 Å². The molecule has 2 aromatic rings. The second kappa shape index (κ2) is 3.69. The van der Waals surface area contributed by atoms with E-state index in [4.69, 9.17) is 14.4 Å². The summed E-state index contributed by atoms with van der Waals surface area (Å²) in [6.45, 7) is 3.80. The van der Waals surface area contributed by atoms with Crippen molar-refractivity contribution in [3.63, 3.8) is 0 Å². The molecule has 4 rings (SSSR count). The molecule has 0 saturated heterocycles. The van der Waals surface area contributed by atoms with Gasteiger partial charge in [0, 0.05) is 6.20 Å². The minimum Gasteiger partial charge on any atom is -0.354 e. The standard InChI is InChI=1S/C14H12N4O2/c1-9-13-11(19-16-9)5-6-12(15-13)14-7-3-4-8-18(14)20-17-10(14)2/h3-8H,1-2H3. The first-order chi connectivity index (χ1) is 9.72. The van der Waals surface area contributed by atoms with Crippen LogP contribution in [0, 0.1) is 6.92 Å². The van der Waals surface area contributed by atoms with Gasteiger partial charge in [0.1, 0.15) is 11.2 Å². The largest absolute Gasteiger partial charge is 0.354 e. The third-order valence-corrected chi connectivity index (χ3v) is 3.71. The third kappa shape index (κ3) is 1.25. The highest BCUT2D eigenvalue weighted by atomic mass is 16.8. The fraction of sp³-hybridized carbons (Fsp3) is 0.214. The van der Waals surface area contributed by atoms with Crippen LogP contribution < -0.4 is 0 Å². The summed E-state index contributed by atoms with van der Waals surface area (Å²) in [6, 6.07) is 3.79. The van der Waals surface area contributed by atoms with Crippen molar-refractivity contribution < 1.29 is 9.46 Å². The summed E-state index contributed by atoms with van der Waals surface area (Å²) in [5, 5.41) is 9.71. The van der Waals surface area contributed by atoms with Crippen molar-refractivity contribution in [3.05, 3.63) is 47.9 Å². The highest BCUT2D eigenvalue weighted by molar-refractivity contribution is 5.95. The maximum atomic E-state index is 5.35. The molecule has 0 bridgehead atoms. The first-order valence-corrected chi connectivity index (χ1v) is 6.33. The van der Waals surface area contributed by atoms with Gasteiger partial charge in [-0.15, -0.1) is 0 Å².